The summed E-state index contributed by atoms with van der Waals surface area (Å²) in [6.07, 6.45) is -0.655. The quantitative estimate of drug-likeness (QED) is 0.595. The van der Waals surface area contributed by atoms with E-state index in [4.69, 9.17) is 0 Å². The van der Waals surface area contributed by atoms with Crippen molar-refractivity contribution in [2.75, 3.05) is 37.4 Å². The van der Waals surface area contributed by atoms with Crippen LogP contribution < -0.4 is 15.8 Å². The lowest BCUT2D eigenvalue weighted by Crippen LogP contribution is -2.26. The van der Waals surface area contributed by atoms with Gasteiger partial charge in [-0.1, -0.05) is 0 Å². The summed E-state index contributed by atoms with van der Waals surface area (Å²) in [6, 6.07) is 10.9. The summed E-state index contributed by atoms with van der Waals surface area (Å²) >= 11 is 0. The molecule has 0 radical (unpaired) electrons. The van der Waals surface area contributed by atoms with Gasteiger partial charge in [-0.15, -0.1) is 0 Å². The van der Waals surface area contributed by atoms with Gasteiger partial charge in [0.1, 0.15) is 6.17 Å². The first-order valence-electron chi connectivity index (χ1n) is 10.5. The van der Waals surface area contributed by atoms with E-state index in [1.165, 1.54) is 32.3 Å². The molecule has 0 unspecified atom stereocenters. The lowest BCUT2D eigenvalue weighted by Gasteiger charge is -2.22. The van der Waals surface area contributed by atoms with Crippen molar-refractivity contribution in [1.29, 1.82) is 0 Å². The van der Waals surface area contributed by atoms with Crippen LogP contribution in [0.4, 0.5) is 15.8 Å². The van der Waals surface area contributed by atoms with E-state index in [9.17, 15) is 22.4 Å². The van der Waals surface area contributed by atoms with Crippen molar-refractivity contribution in [3.8, 4) is 0 Å². The number of sulfonamides is 1. The lowest BCUT2D eigenvalue weighted by atomic mass is 10.1. The van der Waals surface area contributed by atoms with Crippen molar-refractivity contribution in [1.82, 2.24) is 9.29 Å². The molecule has 1 aliphatic rings. The average molecular weight is 473 g/mol. The fraction of sp³-hybridized carbons (Fsp3) is 0.304. The minimum absolute atomic E-state index is 0.0238. The summed E-state index contributed by atoms with van der Waals surface area (Å²) in [5.41, 5.74) is 2.30. The summed E-state index contributed by atoms with van der Waals surface area (Å²) in [5, 5.41) is 3.59. The highest BCUT2D eigenvalue weighted by Gasteiger charge is 2.28. The molecule has 1 aliphatic heterocycles. The van der Waals surface area contributed by atoms with Crippen molar-refractivity contribution < 1.29 is 17.6 Å². The molecule has 3 aromatic rings. The minimum atomic E-state index is -3.77. The molecule has 0 aliphatic carbocycles. The molecule has 0 bridgehead atoms. The number of benzene rings is 2. The van der Waals surface area contributed by atoms with Gasteiger partial charge in [0.05, 0.1) is 10.5 Å². The summed E-state index contributed by atoms with van der Waals surface area (Å²) in [5.74, 6) is -0.510. The highest BCUT2D eigenvalue weighted by molar-refractivity contribution is 7.89. The average Bonchev–Trinajstić information content (AvgIpc) is 3.19. The van der Waals surface area contributed by atoms with E-state index in [1.807, 2.05) is 0 Å². The first-order chi connectivity index (χ1) is 15.6. The van der Waals surface area contributed by atoms with Gasteiger partial charge in [0.25, 0.3) is 5.91 Å². The van der Waals surface area contributed by atoms with E-state index in [0.29, 0.717) is 29.9 Å². The lowest BCUT2D eigenvalue weighted by molar-refractivity contribution is 0.102. The van der Waals surface area contributed by atoms with Crippen LogP contribution in [0, 0.1) is 6.92 Å². The number of rotatable bonds is 5. The molecule has 4 rings (SSSR count). The standard InChI is InChI=1S/C23H25FN4O4S/c1-14-10-22(29)26-20-6-4-16(11-18(14)20)25-23(30)19-12-17(33(31,32)27(2)3)5-7-21(19)28-9-8-15(24)13-28/h4-7,10-12,15H,8-9,13H2,1-3H3,(H,25,30)(H,26,29)/t15-/m1/s1. The van der Waals surface area contributed by atoms with Crippen LogP contribution in [-0.4, -0.2) is 57.0 Å². The van der Waals surface area contributed by atoms with Crippen LogP contribution in [0.1, 0.15) is 22.3 Å². The molecule has 1 amide bonds. The van der Waals surface area contributed by atoms with Gasteiger partial charge in [-0.05, 0) is 55.3 Å². The number of alkyl halides is 1. The number of aromatic nitrogens is 1. The molecule has 0 saturated carbocycles. The maximum Gasteiger partial charge on any atom is 0.257 e. The number of nitrogens with one attached hydrogen (secondary N) is 2. The van der Waals surface area contributed by atoms with Crippen molar-refractivity contribution >= 4 is 38.2 Å². The predicted molar refractivity (Wildman–Crippen MR) is 126 cm³/mol. The van der Waals surface area contributed by atoms with Crippen LogP contribution in [0.2, 0.25) is 0 Å². The number of anilines is 2. The van der Waals surface area contributed by atoms with Crippen molar-refractivity contribution in [2.45, 2.75) is 24.4 Å². The molecule has 1 atom stereocenters. The van der Waals surface area contributed by atoms with Gasteiger partial charge in [-0.25, -0.2) is 17.1 Å². The van der Waals surface area contributed by atoms with E-state index < -0.39 is 22.1 Å². The summed E-state index contributed by atoms with van der Waals surface area (Å²) in [4.78, 5) is 29.5. The number of carbonyl (C=O) groups excluding carboxylic acids is 1. The molecule has 1 fully saturated rings. The van der Waals surface area contributed by atoms with E-state index >= 15 is 0 Å². The molecule has 33 heavy (non-hydrogen) atoms. The number of nitrogens with zero attached hydrogens (tertiary/aromatic N) is 2. The van der Waals surface area contributed by atoms with Crippen LogP contribution in [0.15, 0.2) is 52.2 Å². The maximum absolute atomic E-state index is 13.9. The maximum atomic E-state index is 13.9. The topological polar surface area (TPSA) is 103 Å². The number of amides is 1. The Morgan fingerprint density at radius 2 is 1.94 bits per heavy atom. The van der Waals surface area contributed by atoms with Gasteiger partial charge in [0.15, 0.2) is 0 Å². The zero-order valence-corrected chi connectivity index (χ0v) is 19.4. The molecule has 0 spiro atoms. The fourth-order valence-corrected chi connectivity index (χ4v) is 4.91. The molecule has 1 aromatic heterocycles. The van der Waals surface area contributed by atoms with Crippen LogP contribution in [0.5, 0.6) is 0 Å². The second kappa shape index (κ2) is 8.60. The van der Waals surface area contributed by atoms with Gasteiger partial charge in [-0.2, -0.15) is 0 Å². The number of aromatic amines is 1. The third kappa shape index (κ3) is 4.49. The molecular formula is C23H25FN4O4S. The Labute approximate surface area is 191 Å². The number of halogens is 1. The van der Waals surface area contributed by atoms with Crippen LogP contribution in [0.25, 0.3) is 10.9 Å². The predicted octanol–water partition coefficient (Wildman–Crippen LogP) is 2.89. The SMILES string of the molecule is Cc1cc(=O)[nH]c2ccc(NC(=O)c3cc(S(=O)(=O)N(C)C)ccc3N3CC[C@@H](F)C3)cc12. The molecule has 2 heterocycles. The number of aryl methyl sites for hydroxylation is 1. The van der Waals surface area contributed by atoms with E-state index in [0.717, 1.165) is 15.3 Å². The Balaban J connectivity index is 1.74. The van der Waals surface area contributed by atoms with Crippen LogP contribution >= 0.6 is 0 Å². The summed E-state index contributed by atoms with van der Waals surface area (Å²) < 4.78 is 40.2. The van der Waals surface area contributed by atoms with E-state index in [1.54, 1.807) is 36.1 Å². The Kier molecular flexibility index (Phi) is 5.98. The van der Waals surface area contributed by atoms with E-state index in [2.05, 4.69) is 10.3 Å². The van der Waals surface area contributed by atoms with Crippen molar-refractivity contribution in [3.05, 3.63) is 63.9 Å². The third-order valence-electron chi connectivity index (χ3n) is 5.77. The van der Waals surface area contributed by atoms with Gasteiger partial charge >= 0.3 is 0 Å². The highest BCUT2D eigenvalue weighted by atomic mass is 32.2. The molecule has 8 nitrogen and oxygen atoms in total. The summed E-state index contributed by atoms with van der Waals surface area (Å²) in [6.45, 7) is 2.38. The van der Waals surface area contributed by atoms with Gasteiger partial charge in [-0.3, -0.25) is 9.59 Å². The molecule has 2 aromatic carbocycles. The van der Waals surface area contributed by atoms with Gasteiger partial charge < -0.3 is 15.2 Å². The smallest absolute Gasteiger partial charge is 0.257 e. The number of pyridine rings is 1. The Hall–Kier alpha value is -3.24. The zero-order valence-electron chi connectivity index (χ0n) is 18.6. The van der Waals surface area contributed by atoms with Crippen molar-refractivity contribution in [2.24, 2.45) is 0 Å². The molecule has 10 heteroatoms. The molecule has 1 saturated heterocycles. The Morgan fingerprint density at radius 3 is 2.61 bits per heavy atom. The highest BCUT2D eigenvalue weighted by Crippen LogP contribution is 2.30. The first kappa shape index (κ1) is 22.9. The van der Waals surface area contributed by atoms with Crippen LogP contribution in [0.3, 0.4) is 0 Å². The van der Waals surface area contributed by atoms with Crippen LogP contribution in [-0.2, 0) is 10.0 Å². The summed E-state index contributed by atoms with van der Waals surface area (Å²) in [7, 11) is -0.937. The number of fused-ring (bicyclic) bond motifs is 1. The fourth-order valence-electron chi connectivity index (χ4n) is 3.98. The van der Waals surface area contributed by atoms with Gasteiger partial charge in [0.2, 0.25) is 15.6 Å². The number of hydrogen-bond acceptors (Lipinski definition) is 5. The molecule has 174 valence electrons. The molecule has 2 N–H and O–H groups in total. The normalized spacial score (nSPS) is 16.5. The van der Waals surface area contributed by atoms with E-state index in [-0.39, 0.29) is 22.6 Å². The largest absolute Gasteiger partial charge is 0.368 e. The number of carbonyl (C=O) groups is 1. The number of H-pyrrole nitrogens is 1. The Bertz CT molecular complexity index is 1400. The van der Waals surface area contributed by atoms with Gasteiger partial charge in [0, 0.05) is 55.5 Å². The second-order valence-corrected chi connectivity index (χ2v) is 10.5. The minimum Gasteiger partial charge on any atom is -0.368 e. The molecular weight excluding hydrogens is 447 g/mol. The monoisotopic (exact) mass is 472 g/mol. The Morgan fingerprint density at radius 1 is 1.18 bits per heavy atom. The third-order valence-corrected chi connectivity index (χ3v) is 7.58. The number of hydrogen-bond donors (Lipinski definition) is 2. The van der Waals surface area contributed by atoms with Crippen molar-refractivity contribution in [3.63, 3.8) is 0 Å². The first-order valence-corrected chi connectivity index (χ1v) is 11.9. The second-order valence-electron chi connectivity index (χ2n) is 8.33. The zero-order chi connectivity index (χ0) is 23.9.